The fraction of sp³-hybridized carbons (Fsp3) is 0.784. The van der Waals surface area contributed by atoms with Gasteiger partial charge in [0.15, 0.2) is 8.32 Å². The number of epoxide rings is 1. The monoisotopic (exact) mass is 695 g/mol. The first kappa shape index (κ1) is 42.3. The van der Waals surface area contributed by atoms with Gasteiger partial charge in [0.05, 0.1) is 36.4 Å². The van der Waals surface area contributed by atoms with E-state index in [-0.39, 0.29) is 48.0 Å². The van der Waals surface area contributed by atoms with Crippen molar-refractivity contribution in [1.82, 2.24) is 0 Å². The summed E-state index contributed by atoms with van der Waals surface area (Å²) in [4.78, 5) is 25.5. The van der Waals surface area contributed by atoms with Gasteiger partial charge in [-0.25, -0.2) is 0 Å². The summed E-state index contributed by atoms with van der Waals surface area (Å²) >= 11 is 0. The number of hydrogen-bond acceptors (Lipinski definition) is 10. The molecule has 1 fully saturated rings. The van der Waals surface area contributed by atoms with E-state index in [2.05, 4.69) is 47.7 Å². The maximum absolute atomic E-state index is 13.5. The predicted octanol–water partition coefficient (Wildman–Crippen LogP) is 5.76. The van der Waals surface area contributed by atoms with Crippen molar-refractivity contribution < 1.29 is 43.2 Å². The third-order valence-electron chi connectivity index (χ3n) is 10.5. The topological polar surface area (TPSA) is 150 Å². The van der Waals surface area contributed by atoms with Crippen molar-refractivity contribution in [3.05, 3.63) is 36.0 Å². The molecular weight excluding hydrogens is 630 g/mol. The molecule has 2 aliphatic heterocycles. The van der Waals surface area contributed by atoms with Gasteiger partial charge < -0.3 is 39.3 Å². The summed E-state index contributed by atoms with van der Waals surface area (Å²) in [6.07, 6.45) is 7.71. The molecule has 0 spiro atoms. The van der Waals surface area contributed by atoms with Crippen LogP contribution in [0.3, 0.4) is 0 Å². The molecule has 0 amide bonds. The van der Waals surface area contributed by atoms with Gasteiger partial charge in [0.1, 0.15) is 23.9 Å². The Kier molecular flexibility index (Phi) is 14.9. The smallest absolute Gasteiger partial charge is 0.308 e. The third-order valence-corrected chi connectivity index (χ3v) is 15.0. The van der Waals surface area contributed by atoms with Crippen LogP contribution in [-0.2, 0) is 33.0 Å². The van der Waals surface area contributed by atoms with Crippen molar-refractivity contribution in [2.24, 2.45) is 17.6 Å². The summed E-state index contributed by atoms with van der Waals surface area (Å²) in [7, 11) is -0.592. The number of hydrogen-bond donors (Lipinski definition) is 3. The maximum atomic E-state index is 13.5. The molecule has 2 rings (SSSR count). The summed E-state index contributed by atoms with van der Waals surface area (Å²) in [5.74, 6) is -1.11. The molecule has 0 radical (unpaired) electrons. The van der Waals surface area contributed by atoms with Crippen LogP contribution >= 0.6 is 0 Å². The molecule has 3 unspecified atom stereocenters. The van der Waals surface area contributed by atoms with E-state index in [1.165, 1.54) is 6.92 Å². The van der Waals surface area contributed by atoms with Gasteiger partial charge in [0.2, 0.25) is 0 Å². The molecular formula is C37H65NO9Si. The SMILES string of the molecule is CC[C@H](OC)[C@@H](C)[C@H]1O[C@@H]1C(N)C(C)(O)/C=C/C=C(\C)C1OC(=O)C[C@H](O[Si](C)(C)C(C)(C)C)CC[C@@](C)(O)[C@@H](OC(C)=O)/C=C/[C@@H]1C. The molecule has 2 heterocycles. The Balaban J connectivity index is 2.36. The normalized spacial score (nSPS) is 33.4. The Morgan fingerprint density at radius 2 is 1.83 bits per heavy atom. The van der Waals surface area contributed by atoms with E-state index in [1.54, 1.807) is 51.3 Å². The molecule has 2 aliphatic rings. The van der Waals surface area contributed by atoms with Crippen molar-refractivity contribution >= 4 is 20.3 Å². The van der Waals surface area contributed by atoms with Crippen LogP contribution in [-0.4, -0.2) is 91.4 Å². The minimum atomic E-state index is -2.28. The van der Waals surface area contributed by atoms with Crippen LogP contribution in [0.1, 0.15) is 94.9 Å². The van der Waals surface area contributed by atoms with Gasteiger partial charge in [-0.3, -0.25) is 9.59 Å². The first-order chi connectivity index (χ1) is 22.0. The number of allylic oxidation sites excluding steroid dienone is 2. The van der Waals surface area contributed by atoms with Gasteiger partial charge in [0, 0.05) is 25.9 Å². The molecule has 0 aliphatic carbocycles. The largest absolute Gasteiger partial charge is 0.457 e. The van der Waals surface area contributed by atoms with Crippen LogP contribution in [0.25, 0.3) is 0 Å². The number of cyclic esters (lactones) is 1. The summed E-state index contributed by atoms with van der Waals surface area (Å²) in [5, 5.41) is 22.7. The van der Waals surface area contributed by atoms with Gasteiger partial charge in [0.25, 0.3) is 0 Å². The lowest BCUT2D eigenvalue weighted by atomic mass is 9.87. The number of carbonyl (C=O) groups is 2. The molecule has 0 aromatic heterocycles. The number of aliphatic hydroxyl groups is 2. The van der Waals surface area contributed by atoms with E-state index >= 15 is 0 Å². The second-order valence-corrected chi connectivity index (χ2v) is 20.7. The van der Waals surface area contributed by atoms with Crippen LogP contribution in [0.15, 0.2) is 36.0 Å². The Morgan fingerprint density at radius 3 is 2.38 bits per heavy atom. The molecule has 1 saturated heterocycles. The Bertz CT molecular complexity index is 1170. The zero-order valence-electron chi connectivity index (χ0n) is 31.7. The standard InChI is InChI=1S/C37H65NO9Si/c1-14-28(43-11)25(4)32-33(46-32)34(38)37(10,42)20-15-16-23(2)31-24(3)17-18-29(44-26(5)39)36(9,41)21-19-27(22-30(40)45-31)47-48(12,13)35(6,7)8/h15-18,20,24-25,27-29,31-34,41-42H,14,19,21-22,38H2,1-13H3/b18-17+,20-15+,23-16+/t24-,25+,27+,28-,29-,31?,32+,33-,34?,36+,37?/m0/s1. The zero-order chi connectivity index (χ0) is 36.8. The Labute approximate surface area is 290 Å². The lowest BCUT2D eigenvalue weighted by Crippen LogP contribution is -2.49. The second kappa shape index (κ2) is 16.9. The quantitative estimate of drug-likeness (QED) is 0.0757. The molecule has 10 nitrogen and oxygen atoms in total. The molecule has 4 N–H and O–H groups in total. The fourth-order valence-electron chi connectivity index (χ4n) is 6.06. The van der Waals surface area contributed by atoms with E-state index in [1.807, 2.05) is 13.8 Å². The first-order valence-corrected chi connectivity index (χ1v) is 20.4. The second-order valence-electron chi connectivity index (χ2n) is 15.9. The first-order valence-electron chi connectivity index (χ1n) is 17.4. The molecule has 11 atom stereocenters. The average molecular weight is 696 g/mol. The number of ether oxygens (including phenoxy) is 4. The maximum Gasteiger partial charge on any atom is 0.308 e. The highest BCUT2D eigenvalue weighted by Gasteiger charge is 2.52. The number of esters is 2. The minimum absolute atomic E-state index is 0.0172. The van der Waals surface area contributed by atoms with Crippen LogP contribution in [0.5, 0.6) is 0 Å². The summed E-state index contributed by atoms with van der Waals surface area (Å²) in [6.45, 7) is 23.1. The lowest BCUT2D eigenvalue weighted by Gasteiger charge is -2.40. The van der Waals surface area contributed by atoms with Gasteiger partial charge in [-0.1, -0.05) is 65.8 Å². The van der Waals surface area contributed by atoms with Crippen LogP contribution in [0.2, 0.25) is 18.1 Å². The fourth-order valence-corrected chi connectivity index (χ4v) is 7.45. The summed E-state index contributed by atoms with van der Waals surface area (Å²) in [5.41, 5.74) is 4.46. The van der Waals surface area contributed by atoms with E-state index in [0.717, 1.165) is 12.0 Å². The molecule has 0 aromatic rings. The van der Waals surface area contributed by atoms with Gasteiger partial charge >= 0.3 is 11.9 Å². The predicted molar refractivity (Wildman–Crippen MR) is 191 cm³/mol. The van der Waals surface area contributed by atoms with E-state index in [0.29, 0.717) is 6.42 Å². The molecule has 0 bridgehead atoms. The summed E-state index contributed by atoms with van der Waals surface area (Å²) < 4.78 is 29.8. The Hall–Kier alpha value is -1.86. The third kappa shape index (κ3) is 11.6. The van der Waals surface area contributed by atoms with E-state index in [9.17, 15) is 19.8 Å². The molecule has 0 aromatic carbocycles. The molecule has 48 heavy (non-hydrogen) atoms. The molecule has 0 saturated carbocycles. The van der Waals surface area contributed by atoms with Crippen LogP contribution in [0, 0.1) is 11.8 Å². The van der Waals surface area contributed by atoms with E-state index in [4.69, 9.17) is 29.1 Å². The highest BCUT2D eigenvalue weighted by atomic mass is 28.4. The van der Waals surface area contributed by atoms with Crippen LogP contribution < -0.4 is 5.73 Å². The van der Waals surface area contributed by atoms with Gasteiger partial charge in [-0.15, -0.1) is 0 Å². The van der Waals surface area contributed by atoms with Gasteiger partial charge in [-0.2, -0.15) is 0 Å². The zero-order valence-corrected chi connectivity index (χ0v) is 32.7. The van der Waals surface area contributed by atoms with Crippen LogP contribution in [0.4, 0.5) is 0 Å². The van der Waals surface area contributed by atoms with Crippen molar-refractivity contribution in [1.29, 1.82) is 0 Å². The van der Waals surface area contributed by atoms with Crippen molar-refractivity contribution in [3.8, 4) is 0 Å². The number of nitrogens with two attached hydrogens (primary N) is 1. The highest BCUT2D eigenvalue weighted by Crippen LogP contribution is 2.40. The molecule has 276 valence electrons. The van der Waals surface area contributed by atoms with E-state index < -0.39 is 55.8 Å². The van der Waals surface area contributed by atoms with Crippen molar-refractivity contribution in [2.45, 2.75) is 167 Å². The number of methoxy groups -OCH3 is 1. The number of rotatable bonds is 12. The lowest BCUT2D eigenvalue weighted by molar-refractivity contribution is -0.157. The average Bonchev–Trinajstić information content (AvgIpc) is 3.76. The van der Waals surface area contributed by atoms with Crippen molar-refractivity contribution in [2.75, 3.05) is 7.11 Å². The number of carbonyl (C=O) groups excluding carboxylic acids is 2. The minimum Gasteiger partial charge on any atom is -0.457 e. The molecule has 11 heteroatoms. The van der Waals surface area contributed by atoms with Gasteiger partial charge in [-0.05, 0) is 69.8 Å². The van der Waals surface area contributed by atoms with Crippen molar-refractivity contribution in [3.63, 3.8) is 0 Å². The Morgan fingerprint density at radius 1 is 1.21 bits per heavy atom. The summed E-state index contributed by atoms with van der Waals surface area (Å²) in [6, 6.07) is -0.658. The highest BCUT2D eigenvalue weighted by molar-refractivity contribution is 6.74.